The van der Waals surface area contributed by atoms with E-state index in [0.29, 0.717) is 0 Å². The van der Waals surface area contributed by atoms with Gasteiger partial charge in [0.25, 0.3) is 8.32 Å². The van der Waals surface area contributed by atoms with Crippen LogP contribution in [0.2, 0.25) is 5.04 Å². The molecule has 0 aromatic heterocycles. The third-order valence-corrected chi connectivity index (χ3v) is 18.7. The third-order valence-electron chi connectivity index (χ3n) is 13.7. The van der Waals surface area contributed by atoms with Crippen LogP contribution in [0.4, 0.5) is 0 Å². The average Bonchev–Trinajstić information content (AvgIpc) is 3.41. The predicted octanol–water partition coefficient (Wildman–Crippen LogP) is 15.6. The smallest absolute Gasteiger partial charge is 0.261 e. The molecule has 0 saturated carbocycles. The van der Waals surface area contributed by atoms with E-state index in [1.54, 1.807) is 0 Å². The fourth-order valence-corrected chi connectivity index (χ4v) is 14.0. The summed E-state index contributed by atoms with van der Waals surface area (Å²) < 4.78 is 30.7. The van der Waals surface area contributed by atoms with Crippen LogP contribution < -0.4 is 10.4 Å². The van der Waals surface area contributed by atoms with Crippen LogP contribution in [0.25, 0.3) is 0 Å². The molecule has 2 unspecified atom stereocenters. The molecule has 4 rings (SSSR count). The second-order valence-electron chi connectivity index (χ2n) is 21.2. The van der Waals surface area contributed by atoms with E-state index < -0.39 is 8.32 Å². The van der Waals surface area contributed by atoms with E-state index in [-0.39, 0.29) is 36.4 Å². The van der Waals surface area contributed by atoms with Crippen LogP contribution in [0.3, 0.4) is 0 Å². The molecule has 0 aliphatic carbocycles. The Morgan fingerprint density at radius 3 is 1.26 bits per heavy atom. The zero-order chi connectivity index (χ0) is 52.2. The first kappa shape index (κ1) is 63.9. The molecule has 7 heteroatoms. The second kappa shape index (κ2) is 42.8. The molecule has 6 nitrogen and oxygen atoms in total. The first-order chi connectivity index (χ1) is 35.8. The van der Waals surface area contributed by atoms with Gasteiger partial charge in [-0.25, -0.2) is 0 Å². The van der Waals surface area contributed by atoms with Crippen LogP contribution >= 0.6 is 0 Å². The van der Waals surface area contributed by atoms with Crippen molar-refractivity contribution in [3.05, 3.63) is 60.7 Å². The molecule has 2 saturated heterocycles. The molecule has 2 aromatic rings. The monoisotopic (exact) mass is 1020 g/mol. The molecule has 4 atom stereocenters. The molecule has 2 heterocycles. The molecule has 0 amide bonds. The average molecular weight is 1020 g/mol. The van der Waals surface area contributed by atoms with Crippen LogP contribution in [0.5, 0.6) is 0 Å². The first-order valence-electron chi connectivity index (χ1n) is 29.6. The topological polar surface area (TPSA) is 66.4 Å². The van der Waals surface area contributed by atoms with Crippen LogP contribution in [0.15, 0.2) is 60.7 Å². The van der Waals surface area contributed by atoms with Crippen molar-refractivity contribution in [2.75, 3.05) is 26.4 Å². The summed E-state index contributed by atoms with van der Waals surface area (Å²) in [7, 11) is -2.43. The number of hydrogen-bond donors (Lipinski definition) is 1. The normalized spacial score (nSPS) is 16.4. The lowest BCUT2D eigenvalue weighted by atomic mass is 10.1. The predicted molar refractivity (Wildman–Crippen MR) is 310 cm³/mol. The standard InChI is InChI=1S/C41H60O3Si.C25H42O3/c1-5-6-28-37(44-40-34-25-27-35-42-40)29-20-16-14-12-10-8-7-9-11-13-15-17-26-36-43-45(41(2,3)4,38-30-21-18-22-31-38)39-32-23-19-24-33-39;1-2-3-19-24(28-25-21-16-18-23-27-25)20-15-13-11-9-7-5-4-6-8-10-12-14-17-22-26/h18-19,21-24,30-33,37,40H,5-10,12,14-17,25-28,34-36H2,1-4H3;24-26H,2-7,9,11-14,16-19,21-23H2,1H3/t37-,40?;24-,25?/m11/s1. The summed E-state index contributed by atoms with van der Waals surface area (Å²) in [6.07, 6.45) is 35.6. The minimum absolute atomic E-state index is 0.0270. The van der Waals surface area contributed by atoms with E-state index in [2.05, 4.69) is 143 Å². The Bertz CT molecular complexity index is 1830. The Balaban J connectivity index is 0.000000431. The summed E-state index contributed by atoms with van der Waals surface area (Å²) in [5, 5.41) is 11.4. The summed E-state index contributed by atoms with van der Waals surface area (Å²) in [4.78, 5) is 0. The highest BCUT2D eigenvalue weighted by molar-refractivity contribution is 6.99. The van der Waals surface area contributed by atoms with E-state index in [9.17, 15) is 0 Å². The van der Waals surface area contributed by atoms with Crippen molar-refractivity contribution < 1.29 is 28.5 Å². The Hall–Kier alpha value is -3.34. The summed E-state index contributed by atoms with van der Waals surface area (Å²) in [5.74, 6) is 26.8. The molecule has 406 valence electrons. The van der Waals surface area contributed by atoms with Gasteiger partial charge in [-0.05, 0) is 118 Å². The summed E-state index contributed by atoms with van der Waals surface area (Å²) >= 11 is 0. The minimum atomic E-state index is -2.43. The summed E-state index contributed by atoms with van der Waals surface area (Å²) in [6.45, 7) is 14.2. The highest BCUT2D eigenvalue weighted by Crippen LogP contribution is 2.37. The molecule has 2 fully saturated rings. The van der Waals surface area contributed by atoms with Crippen molar-refractivity contribution in [1.82, 2.24) is 0 Å². The van der Waals surface area contributed by atoms with Gasteiger partial charge in [-0.1, -0.05) is 171 Å². The lowest BCUT2D eigenvalue weighted by Crippen LogP contribution is -2.66. The Morgan fingerprint density at radius 2 is 0.890 bits per heavy atom. The van der Waals surface area contributed by atoms with Gasteiger partial charge in [-0.3, -0.25) is 0 Å². The number of benzene rings is 2. The number of rotatable bonds is 32. The molecule has 2 aliphatic rings. The van der Waals surface area contributed by atoms with Crippen molar-refractivity contribution in [3.8, 4) is 47.4 Å². The van der Waals surface area contributed by atoms with Gasteiger partial charge in [0, 0.05) is 65.0 Å². The van der Waals surface area contributed by atoms with E-state index in [4.69, 9.17) is 28.5 Å². The van der Waals surface area contributed by atoms with Gasteiger partial charge in [0.15, 0.2) is 12.6 Å². The Labute approximate surface area is 449 Å². The second-order valence-corrected chi connectivity index (χ2v) is 25.5. The van der Waals surface area contributed by atoms with Gasteiger partial charge in [-0.15, -0.1) is 35.5 Å². The van der Waals surface area contributed by atoms with Crippen LogP contribution in [-0.4, -0.2) is 64.6 Å². The molecule has 1 N–H and O–H groups in total. The summed E-state index contributed by atoms with van der Waals surface area (Å²) in [6, 6.07) is 21.8. The lowest BCUT2D eigenvalue weighted by molar-refractivity contribution is -0.177. The van der Waals surface area contributed by atoms with Crippen molar-refractivity contribution in [2.45, 2.75) is 270 Å². The van der Waals surface area contributed by atoms with Crippen LogP contribution in [0.1, 0.15) is 240 Å². The van der Waals surface area contributed by atoms with E-state index in [1.807, 2.05) is 0 Å². The maximum absolute atomic E-state index is 8.70. The maximum Gasteiger partial charge on any atom is 0.261 e. The molecule has 2 aromatic carbocycles. The quantitative estimate of drug-likeness (QED) is 0.0447. The van der Waals surface area contributed by atoms with Gasteiger partial charge < -0.3 is 28.5 Å². The fourth-order valence-electron chi connectivity index (χ4n) is 9.40. The lowest BCUT2D eigenvalue weighted by Gasteiger charge is -2.43. The molecule has 73 heavy (non-hydrogen) atoms. The highest BCUT2D eigenvalue weighted by Gasteiger charge is 2.50. The molecular formula is C66H102O6Si. The van der Waals surface area contributed by atoms with E-state index in [1.165, 1.54) is 100 Å². The Kier molecular flexibility index (Phi) is 37.5. The zero-order valence-corrected chi connectivity index (χ0v) is 48.0. The van der Waals surface area contributed by atoms with Crippen molar-refractivity contribution >= 4 is 18.7 Å². The maximum atomic E-state index is 8.70. The van der Waals surface area contributed by atoms with Crippen molar-refractivity contribution in [1.29, 1.82) is 0 Å². The number of ether oxygens (including phenoxy) is 4. The highest BCUT2D eigenvalue weighted by atomic mass is 28.4. The molecule has 0 spiro atoms. The number of aliphatic hydroxyl groups excluding tert-OH is 1. The van der Waals surface area contributed by atoms with Gasteiger partial charge >= 0.3 is 0 Å². The number of hydrogen-bond acceptors (Lipinski definition) is 6. The van der Waals surface area contributed by atoms with Gasteiger partial charge in [0.05, 0.1) is 0 Å². The molecule has 0 radical (unpaired) electrons. The zero-order valence-electron chi connectivity index (χ0n) is 47.0. The van der Waals surface area contributed by atoms with Gasteiger partial charge in [0.1, 0.15) is 12.2 Å². The Morgan fingerprint density at radius 1 is 0.507 bits per heavy atom. The van der Waals surface area contributed by atoms with Gasteiger partial charge in [0.2, 0.25) is 0 Å². The van der Waals surface area contributed by atoms with Crippen LogP contribution in [0, 0.1) is 47.4 Å². The minimum Gasteiger partial charge on any atom is -0.407 e. The van der Waals surface area contributed by atoms with E-state index >= 15 is 0 Å². The van der Waals surface area contributed by atoms with Crippen LogP contribution in [-0.2, 0) is 23.4 Å². The first-order valence-corrected chi connectivity index (χ1v) is 31.5. The largest absolute Gasteiger partial charge is 0.407 e. The molecule has 2 aliphatic heterocycles. The SMILES string of the molecule is CCCC[C@H](C#CCCCCCCCC#CCCCCO)OC1CCCCO1.CCCC[C@H](C#CCCCCCCCC#CCCCCO[Si](c1ccccc1)(c1ccccc1)C(C)(C)C)OC1CCCCO1. The number of unbranched alkanes of at least 4 members (excludes halogenated alkanes) is 18. The third kappa shape index (κ3) is 29.5. The van der Waals surface area contributed by atoms with Crippen molar-refractivity contribution in [2.24, 2.45) is 0 Å². The fraction of sp³-hybridized carbons (Fsp3) is 0.697. The van der Waals surface area contributed by atoms with E-state index in [0.717, 1.165) is 135 Å². The van der Waals surface area contributed by atoms with Gasteiger partial charge in [-0.2, -0.15) is 0 Å². The van der Waals surface area contributed by atoms with Crippen molar-refractivity contribution in [3.63, 3.8) is 0 Å². The number of aliphatic hydroxyl groups is 1. The molecular weight excluding hydrogens is 917 g/mol. The summed E-state index contributed by atoms with van der Waals surface area (Å²) in [5.41, 5.74) is 0. The molecule has 0 bridgehead atoms.